The molecular weight excluding hydrogens is 343 g/mol. The summed E-state index contributed by atoms with van der Waals surface area (Å²) in [5.41, 5.74) is 2.06. The third kappa shape index (κ3) is 2.44. The Morgan fingerprint density at radius 3 is 2.46 bits per heavy atom. The average molecular weight is 354 g/mol. The van der Waals surface area contributed by atoms with Gasteiger partial charge in [0.1, 0.15) is 10.6 Å². The lowest BCUT2D eigenvalue weighted by Crippen LogP contribution is -2.20. The van der Waals surface area contributed by atoms with Crippen molar-refractivity contribution >= 4 is 34.2 Å². The molecule has 0 atom stereocenters. The molecule has 0 spiro atoms. The molecule has 2 heterocycles. The number of halogens is 1. The molecule has 0 amide bonds. The normalized spacial score (nSPS) is 11.1. The topological polar surface area (TPSA) is 34.9 Å². The van der Waals surface area contributed by atoms with Crippen molar-refractivity contribution in [3.63, 3.8) is 0 Å². The number of hydrogen-bond donors (Lipinski definition) is 1. The van der Waals surface area contributed by atoms with Gasteiger partial charge in [-0.25, -0.2) is 9.37 Å². The summed E-state index contributed by atoms with van der Waals surface area (Å²) in [6, 6.07) is 15.4. The molecule has 0 radical (unpaired) electrons. The molecule has 0 N–H and O–H groups in total. The second kappa shape index (κ2) is 5.89. The number of nitrogens with zero attached hydrogens (tertiary/aromatic N) is 2. The van der Waals surface area contributed by atoms with Gasteiger partial charge in [0.25, 0.3) is 5.56 Å². The standard InChI is InChI=1S/C18H11FN2OS2/c19-12-8-6-11(7-9-12)14-10-24-16-15(14)17(22)21(18(23)20-16)13-4-2-1-3-5-13/h1-10H,(H,20,23). The Kier molecular flexibility index (Phi) is 3.70. The fourth-order valence-electron chi connectivity index (χ4n) is 2.63. The molecule has 2 aromatic carbocycles. The van der Waals surface area contributed by atoms with Crippen molar-refractivity contribution in [3.05, 3.63) is 76.1 Å². The molecule has 0 aliphatic heterocycles. The Hall–Kier alpha value is -2.44. The van der Waals surface area contributed by atoms with Crippen LogP contribution in [0.2, 0.25) is 0 Å². The van der Waals surface area contributed by atoms with E-state index >= 15 is 0 Å². The monoisotopic (exact) mass is 354 g/mol. The lowest BCUT2D eigenvalue weighted by Gasteiger charge is -2.09. The van der Waals surface area contributed by atoms with Gasteiger partial charge in [0.15, 0.2) is 5.16 Å². The summed E-state index contributed by atoms with van der Waals surface area (Å²) in [7, 11) is 0. The maximum atomic E-state index is 13.2. The number of benzene rings is 2. The van der Waals surface area contributed by atoms with Crippen molar-refractivity contribution < 1.29 is 4.39 Å². The number of fused-ring (bicyclic) bond motifs is 1. The summed E-state index contributed by atoms with van der Waals surface area (Å²) in [6.45, 7) is 0. The largest absolute Gasteiger partial charge is 0.268 e. The summed E-state index contributed by atoms with van der Waals surface area (Å²) in [6.07, 6.45) is 0. The van der Waals surface area contributed by atoms with Crippen LogP contribution in [0.25, 0.3) is 27.0 Å². The number of thiophene rings is 1. The van der Waals surface area contributed by atoms with Crippen molar-refractivity contribution in [1.29, 1.82) is 0 Å². The van der Waals surface area contributed by atoms with E-state index in [9.17, 15) is 9.18 Å². The maximum Gasteiger partial charge on any atom is 0.268 e. The van der Waals surface area contributed by atoms with Crippen molar-refractivity contribution in [2.24, 2.45) is 0 Å². The Labute approximate surface area is 146 Å². The van der Waals surface area contributed by atoms with E-state index in [1.54, 1.807) is 12.1 Å². The third-order valence-corrected chi connectivity index (χ3v) is 4.93. The van der Waals surface area contributed by atoms with Gasteiger partial charge >= 0.3 is 0 Å². The van der Waals surface area contributed by atoms with Crippen molar-refractivity contribution in [3.8, 4) is 16.8 Å². The predicted molar refractivity (Wildman–Crippen MR) is 97.9 cm³/mol. The zero-order valence-electron chi connectivity index (χ0n) is 12.3. The molecular formula is C18H11FN2OS2. The maximum absolute atomic E-state index is 13.2. The third-order valence-electron chi connectivity index (χ3n) is 3.76. The molecule has 0 fully saturated rings. The van der Waals surface area contributed by atoms with E-state index in [1.807, 2.05) is 35.7 Å². The Balaban J connectivity index is 2.03. The highest BCUT2D eigenvalue weighted by Crippen LogP contribution is 2.31. The molecule has 0 unspecified atom stereocenters. The molecule has 0 aliphatic rings. The lowest BCUT2D eigenvalue weighted by molar-refractivity contribution is 0.628. The van der Waals surface area contributed by atoms with Gasteiger partial charge in [-0.1, -0.05) is 30.3 Å². The SMILES string of the molecule is O=c1c2c(-c3ccc(F)cc3)csc2nc(S)n1-c1ccccc1. The molecule has 0 bridgehead atoms. The van der Waals surface area contributed by atoms with Crippen LogP contribution in [0.15, 0.2) is 69.9 Å². The van der Waals surface area contributed by atoms with E-state index in [2.05, 4.69) is 17.6 Å². The minimum absolute atomic E-state index is 0.184. The number of hydrogen-bond acceptors (Lipinski definition) is 4. The summed E-state index contributed by atoms with van der Waals surface area (Å²) in [5, 5.41) is 2.73. The molecule has 0 aliphatic carbocycles. The first-order chi connectivity index (χ1) is 11.6. The highest BCUT2D eigenvalue weighted by atomic mass is 32.1. The first-order valence-corrected chi connectivity index (χ1v) is 8.52. The van der Waals surface area contributed by atoms with Gasteiger partial charge in [0.05, 0.1) is 11.1 Å². The first kappa shape index (κ1) is 15.1. The van der Waals surface area contributed by atoms with Crippen LogP contribution in [0, 0.1) is 5.82 Å². The van der Waals surface area contributed by atoms with E-state index in [0.717, 1.165) is 11.1 Å². The van der Waals surface area contributed by atoms with Crippen LogP contribution in [0.1, 0.15) is 0 Å². The molecule has 4 aromatic rings. The molecule has 118 valence electrons. The molecule has 0 saturated carbocycles. The minimum Gasteiger partial charge on any atom is -0.268 e. The highest BCUT2D eigenvalue weighted by Gasteiger charge is 2.16. The lowest BCUT2D eigenvalue weighted by atomic mass is 10.1. The van der Waals surface area contributed by atoms with Gasteiger partial charge in [-0.2, -0.15) is 0 Å². The van der Waals surface area contributed by atoms with Crippen molar-refractivity contribution in [1.82, 2.24) is 9.55 Å². The molecule has 3 nitrogen and oxygen atoms in total. The zero-order chi connectivity index (χ0) is 16.7. The molecule has 4 rings (SSSR count). The van der Waals surface area contributed by atoms with E-state index in [4.69, 9.17) is 0 Å². The predicted octanol–water partition coefficient (Wildman–Crippen LogP) is 4.54. The summed E-state index contributed by atoms with van der Waals surface area (Å²) in [5.74, 6) is -0.309. The smallest absolute Gasteiger partial charge is 0.268 e. The fourth-order valence-corrected chi connectivity index (χ4v) is 3.94. The van der Waals surface area contributed by atoms with Crippen LogP contribution in [0.5, 0.6) is 0 Å². The van der Waals surface area contributed by atoms with Gasteiger partial charge in [0.2, 0.25) is 0 Å². The second-order valence-electron chi connectivity index (χ2n) is 5.22. The fraction of sp³-hybridized carbons (Fsp3) is 0. The molecule has 24 heavy (non-hydrogen) atoms. The average Bonchev–Trinajstić information content (AvgIpc) is 3.00. The number of rotatable bonds is 2. The van der Waals surface area contributed by atoms with Crippen LogP contribution in [0.4, 0.5) is 4.39 Å². The van der Waals surface area contributed by atoms with E-state index in [1.165, 1.54) is 28.0 Å². The van der Waals surface area contributed by atoms with Crippen LogP contribution in [0.3, 0.4) is 0 Å². The Bertz CT molecular complexity index is 1090. The van der Waals surface area contributed by atoms with Crippen LogP contribution < -0.4 is 5.56 Å². The first-order valence-electron chi connectivity index (χ1n) is 7.20. The Morgan fingerprint density at radius 2 is 1.75 bits per heavy atom. The minimum atomic E-state index is -0.309. The van der Waals surface area contributed by atoms with Gasteiger partial charge in [0, 0.05) is 10.9 Å². The quantitative estimate of drug-likeness (QED) is 0.424. The van der Waals surface area contributed by atoms with Gasteiger partial charge in [-0.15, -0.1) is 24.0 Å². The molecule has 0 saturated heterocycles. The highest BCUT2D eigenvalue weighted by molar-refractivity contribution is 7.80. The van der Waals surface area contributed by atoms with Crippen molar-refractivity contribution in [2.45, 2.75) is 5.16 Å². The second-order valence-corrected chi connectivity index (χ2v) is 6.48. The van der Waals surface area contributed by atoms with Gasteiger partial charge in [-0.05, 0) is 29.8 Å². The Morgan fingerprint density at radius 1 is 1.04 bits per heavy atom. The zero-order valence-corrected chi connectivity index (χ0v) is 14.0. The van der Waals surface area contributed by atoms with Gasteiger partial charge in [-0.3, -0.25) is 9.36 Å². The summed E-state index contributed by atoms with van der Waals surface area (Å²) >= 11 is 5.75. The van der Waals surface area contributed by atoms with Gasteiger partial charge < -0.3 is 0 Å². The van der Waals surface area contributed by atoms with Crippen molar-refractivity contribution in [2.75, 3.05) is 0 Å². The van der Waals surface area contributed by atoms with Crippen LogP contribution in [-0.4, -0.2) is 9.55 Å². The summed E-state index contributed by atoms with van der Waals surface area (Å²) < 4.78 is 14.7. The molecule has 2 aromatic heterocycles. The van der Waals surface area contributed by atoms with Crippen LogP contribution >= 0.6 is 24.0 Å². The van der Waals surface area contributed by atoms with E-state index in [-0.39, 0.29) is 11.4 Å². The van der Waals surface area contributed by atoms with E-state index in [0.29, 0.717) is 21.1 Å². The summed E-state index contributed by atoms with van der Waals surface area (Å²) in [4.78, 5) is 18.1. The number of para-hydroxylation sites is 1. The van der Waals surface area contributed by atoms with E-state index < -0.39 is 0 Å². The number of thiol groups is 1. The van der Waals surface area contributed by atoms with Crippen LogP contribution in [-0.2, 0) is 0 Å². The molecule has 6 heteroatoms. The number of aromatic nitrogens is 2.